The second-order valence-corrected chi connectivity index (χ2v) is 20.1. The number of hydrogen-bond donors (Lipinski definition) is 0. The van der Waals surface area contributed by atoms with Gasteiger partial charge in [0.2, 0.25) is 0 Å². The Hall–Kier alpha value is -10.3. The smallest absolute Gasteiger partial charge is 0.309 e. The lowest BCUT2D eigenvalue weighted by Crippen LogP contribution is -2.12. The topological polar surface area (TPSA) is 43.5 Å². The summed E-state index contributed by atoms with van der Waals surface area (Å²) in [4.78, 5) is 0. The van der Waals surface area contributed by atoms with E-state index in [0.29, 0.717) is 28.6 Å². The van der Waals surface area contributed by atoms with Crippen molar-refractivity contribution in [1.82, 2.24) is 18.3 Å². The molecule has 5 nitrogen and oxygen atoms in total. The molecule has 0 saturated heterocycles. The van der Waals surface area contributed by atoms with Crippen LogP contribution in [0.3, 0.4) is 0 Å². The van der Waals surface area contributed by atoms with E-state index >= 15 is 13.2 Å². The van der Waals surface area contributed by atoms with Crippen LogP contribution in [-0.4, -0.2) is 18.3 Å². The van der Waals surface area contributed by atoms with Gasteiger partial charge in [0.15, 0.2) is 0 Å². The Morgan fingerprint density at radius 2 is 0.812 bits per heavy atom. The number of alkyl halides is 6. The zero-order valence-corrected chi connectivity index (χ0v) is 42.0. The monoisotopic (exact) mass is 1050 g/mol. The van der Waals surface area contributed by atoms with Gasteiger partial charge in [-0.2, -0.15) is 31.6 Å². The van der Waals surface area contributed by atoms with Gasteiger partial charge in [0, 0.05) is 65.6 Å². The molecular weight excluding hydrogens is 1010 g/mol. The molecule has 0 radical (unpaired) electrons. The van der Waals surface area contributed by atoms with Crippen LogP contribution < -0.4 is 0 Å². The number of benzene rings is 11. The molecule has 0 spiro atoms. The lowest BCUT2D eigenvalue weighted by atomic mass is 9.90. The van der Waals surface area contributed by atoms with Crippen LogP contribution in [0, 0.1) is 11.3 Å². The van der Waals surface area contributed by atoms with Crippen LogP contribution in [0.15, 0.2) is 237 Å². The highest BCUT2D eigenvalue weighted by molar-refractivity contribution is 6.28. The van der Waals surface area contributed by atoms with Gasteiger partial charge < -0.3 is 18.3 Å². The Morgan fingerprint density at radius 1 is 0.338 bits per heavy atom. The van der Waals surface area contributed by atoms with E-state index < -0.39 is 29.0 Å². The summed E-state index contributed by atoms with van der Waals surface area (Å²) in [7, 11) is 0. The van der Waals surface area contributed by atoms with E-state index in [2.05, 4.69) is 109 Å². The fraction of sp³-hybridized carbons (Fsp3) is 0.0290. The summed E-state index contributed by atoms with van der Waals surface area (Å²) in [6.45, 7) is 0. The minimum atomic E-state index is -5.17. The Labute approximate surface area is 451 Å². The number of nitrogens with zero attached hydrogens (tertiary/aromatic N) is 5. The van der Waals surface area contributed by atoms with Gasteiger partial charge in [-0.15, -0.1) is 0 Å². The number of aromatic nitrogens is 4. The molecule has 0 atom stereocenters. The Balaban J connectivity index is 1.09. The molecule has 0 saturated carbocycles. The van der Waals surface area contributed by atoms with E-state index in [1.807, 2.05) is 103 Å². The molecule has 0 aliphatic carbocycles. The molecule has 0 bridgehead atoms. The number of fused-ring (bicyclic) bond motifs is 14. The second kappa shape index (κ2) is 17.3. The molecule has 4 aromatic heterocycles. The quantitative estimate of drug-likeness (QED) is 0.153. The highest BCUT2D eigenvalue weighted by atomic mass is 19.4. The highest BCUT2D eigenvalue weighted by Gasteiger charge is 2.39. The van der Waals surface area contributed by atoms with Gasteiger partial charge in [-0.1, -0.05) is 140 Å². The molecule has 15 rings (SSSR count). The summed E-state index contributed by atoms with van der Waals surface area (Å²) in [5.74, 6) is 0. The predicted molar refractivity (Wildman–Crippen MR) is 309 cm³/mol. The van der Waals surface area contributed by atoms with Crippen molar-refractivity contribution >= 4 is 87.2 Å². The molecule has 0 unspecified atom stereocenters. The zero-order chi connectivity index (χ0) is 54.2. The van der Waals surface area contributed by atoms with Gasteiger partial charge in [0.1, 0.15) is 0 Å². The van der Waals surface area contributed by atoms with Crippen LogP contribution in [0.2, 0.25) is 0 Å². The summed E-state index contributed by atoms with van der Waals surface area (Å²) in [6.07, 6.45) is -10.2. The second-order valence-electron chi connectivity index (χ2n) is 20.1. The third-order valence-electron chi connectivity index (χ3n) is 15.8. The molecular formula is C69H39F6N5. The zero-order valence-electron chi connectivity index (χ0n) is 42.0. The van der Waals surface area contributed by atoms with Crippen molar-refractivity contribution in [2.45, 2.75) is 12.4 Å². The number of hydrogen-bond acceptors (Lipinski definition) is 1. The summed E-state index contributed by atoms with van der Waals surface area (Å²) < 4.78 is 97.4. The van der Waals surface area contributed by atoms with Crippen LogP contribution >= 0.6 is 0 Å². The van der Waals surface area contributed by atoms with Crippen molar-refractivity contribution in [3.05, 3.63) is 253 Å². The molecule has 11 heteroatoms. The van der Waals surface area contributed by atoms with E-state index in [0.717, 1.165) is 105 Å². The molecule has 382 valence electrons. The van der Waals surface area contributed by atoms with Crippen LogP contribution in [0.1, 0.15) is 16.7 Å². The SMILES string of the molecule is N#Cc1cccc(-n2c3ccccc3c3c2ccc2c4ccccc4n(-c4ccccc4)c23)c1-c1cc(-c2ccc(C(F)(F)F)cc2C(F)(F)F)ccc1-n1c2ccccc2c2c1ccc1c3ccccc3n(-c3ccccc3)c12. The van der Waals surface area contributed by atoms with Crippen molar-refractivity contribution in [2.75, 3.05) is 0 Å². The Kier molecular flexibility index (Phi) is 10.2. The fourth-order valence-corrected chi connectivity index (χ4v) is 12.6. The first-order valence-electron chi connectivity index (χ1n) is 26.0. The van der Waals surface area contributed by atoms with Crippen molar-refractivity contribution in [3.63, 3.8) is 0 Å². The van der Waals surface area contributed by atoms with E-state index in [4.69, 9.17) is 0 Å². The molecule has 11 aromatic carbocycles. The maximum atomic E-state index is 15.3. The molecule has 0 fully saturated rings. The highest BCUT2D eigenvalue weighted by Crippen LogP contribution is 2.49. The standard InChI is InChI=1S/C69H39F6N5/c70-68(71,72)43-31-32-46(54(39-43)69(73,74)75)41-30-35-59(79-57-27-13-9-23-51(57)64-61(79)36-33-49-47-21-7-11-25-55(47)77(66(49)64)44-17-3-1-4-18-44)53(38-41)63-42(40-76)16-15-29-60(63)80-58-28-14-10-24-52(58)65-62(80)37-34-50-48-22-8-12-26-56(48)78(67(50)65)45-19-5-2-6-20-45/h1-39H. The molecule has 0 aliphatic heterocycles. The van der Waals surface area contributed by atoms with Crippen molar-refractivity contribution in [1.29, 1.82) is 5.26 Å². The lowest BCUT2D eigenvalue weighted by molar-refractivity contribution is -0.142. The molecule has 4 heterocycles. The number of halogens is 6. The molecule has 0 aliphatic rings. The van der Waals surface area contributed by atoms with Crippen molar-refractivity contribution < 1.29 is 26.3 Å². The van der Waals surface area contributed by atoms with E-state index in [1.54, 1.807) is 24.3 Å². The number of rotatable bonds is 6. The number of nitriles is 1. The number of para-hydroxylation sites is 6. The van der Waals surface area contributed by atoms with Gasteiger partial charge in [-0.25, -0.2) is 0 Å². The van der Waals surface area contributed by atoms with Crippen LogP contribution in [0.25, 0.3) is 132 Å². The first-order valence-corrected chi connectivity index (χ1v) is 26.0. The molecule has 15 aromatic rings. The Morgan fingerprint density at radius 3 is 1.31 bits per heavy atom. The van der Waals surface area contributed by atoms with Gasteiger partial charge in [0.05, 0.1) is 78.3 Å². The normalized spacial score (nSPS) is 12.4. The van der Waals surface area contributed by atoms with Gasteiger partial charge in [-0.05, 0) is 108 Å². The predicted octanol–water partition coefficient (Wildman–Crippen LogP) is 19.3. The fourth-order valence-electron chi connectivity index (χ4n) is 12.6. The van der Waals surface area contributed by atoms with E-state index in [-0.39, 0.29) is 17.2 Å². The summed E-state index contributed by atoms with van der Waals surface area (Å²) in [5, 5.41) is 19.3. The van der Waals surface area contributed by atoms with E-state index in [1.165, 1.54) is 6.07 Å². The summed E-state index contributed by atoms with van der Waals surface area (Å²) in [5.41, 5.74) is 7.82. The minimum Gasteiger partial charge on any atom is -0.309 e. The molecule has 0 N–H and O–H groups in total. The van der Waals surface area contributed by atoms with Gasteiger partial charge >= 0.3 is 12.4 Å². The lowest BCUT2D eigenvalue weighted by Gasteiger charge is -2.22. The minimum absolute atomic E-state index is 0.00663. The molecule has 0 amide bonds. The summed E-state index contributed by atoms with van der Waals surface area (Å²) in [6, 6.07) is 75.7. The summed E-state index contributed by atoms with van der Waals surface area (Å²) >= 11 is 0. The third kappa shape index (κ3) is 6.85. The molecule has 80 heavy (non-hydrogen) atoms. The third-order valence-corrected chi connectivity index (χ3v) is 15.8. The first kappa shape index (κ1) is 46.9. The Bertz CT molecular complexity index is 5110. The van der Waals surface area contributed by atoms with Gasteiger partial charge in [0.25, 0.3) is 0 Å². The van der Waals surface area contributed by atoms with Crippen LogP contribution in [-0.2, 0) is 12.4 Å². The average molecular weight is 1050 g/mol. The van der Waals surface area contributed by atoms with Crippen LogP contribution in [0.5, 0.6) is 0 Å². The van der Waals surface area contributed by atoms with Crippen LogP contribution in [0.4, 0.5) is 26.3 Å². The first-order chi connectivity index (χ1) is 39.0. The average Bonchev–Trinajstić information content (AvgIpc) is 3.68. The van der Waals surface area contributed by atoms with Crippen molar-refractivity contribution in [2.24, 2.45) is 0 Å². The largest absolute Gasteiger partial charge is 0.417 e. The maximum absolute atomic E-state index is 15.3. The van der Waals surface area contributed by atoms with E-state index in [9.17, 15) is 18.4 Å². The van der Waals surface area contributed by atoms with Gasteiger partial charge in [-0.3, -0.25) is 0 Å². The van der Waals surface area contributed by atoms with Crippen molar-refractivity contribution in [3.8, 4) is 51.1 Å². The maximum Gasteiger partial charge on any atom is 0.417 e.